The highest BCUT2D eigenvalue weighted by molar-refractivity contribution is 5.77. The quantitative estimate of drug-likeness (QED) is 0.838. The van der Waals surface area contributed by atoms with Gasteiger partial charge in [0.25, 0.3) is 0 Å². The van der Waals surface area contributed by atoms with Crippen LogP contribution in [-0.2, 0) is 4.79 Å². The molecule has 0 radical (unpaired) electrons. The van der Waals surface area contributed by atoms with Gasteiger partial charge in [-0.2, -0.15) is 0 Å². The molecule has 0 heterocycles. The Morgan fingerprint density at radius 1 is 1.39 bits per heavy atom. The number of carboxylic acid groups (broad SMARTS) is 1. The van der Waals surface area contributed by atoms with Crippen LogP contribution in [0.3, 0.4) is 0 Å². The third-order valence-corrected chi connectivity index (χ3v) is 3.43. The van der Waals surface area contributed by atoms with Gasteiger partial charge >= 0.3 is 5.97 Å². The lowest BCUT2D eigenvalue weighted by atomic mass is 9.90. The summed E-state index contributed by atoms with van der Waals surface area (Å²) in [5.74, 6) is -0.525. The second-order valence-corrected chi connectivity index (χ2v) is 4.66. The maximum absolute atomic E-state index is 11.4. The zero-order valence-corrected chi connectivity index (χ0v) is 11.6. The Labute approximate surface area is 109 Å². The van der Waals surface area contributed by atoms with Crippen molar-refractivity contribution < 1.29 is 14.6 Å². The van der Waals surface area contributed by atoms with Gasteiger partial charge in [0.1, 0.15) is 5.75 Å². The molecule has 0 aliphatic rings. The monoisotopic (exact) mass is 250 g/mol. The van der Waals surface area contributed by atoms with Crippen molar-refractivity contribution in [3.63, 3.8) is 0 Å². The van der Waals surface area contributed by atoms with Crippen LogP contribution in [-0.4, -0.2) is 18.2 Å². The van der Waals surface area contributed by atoms with Crippen molar-refractivity contribution in [3.8, 4) is 5.75 Å². The molecule has 18 heavy (non-hydrogen) atoms. The summed E-state index contributed by atoms with van der Waals surface area (Å²) in [6.45, 7) is 6.04. The maximum atomic E-state index is 11.4. The summed E-state index contributed by atoms with van der Waals surface area (Å²) in [5.41, 5.74) is 2.94. The zero-order chi connectivity index (χ0) is 13.7. The van der Waals surface area contributed by atoms with Crippen molar-refractivity contribution >= 4 is 5.97 Å². The van der Waals surface area contributed by atoms with Crippen LogP contribution in [0.2, 0.25) is 0 Å². The van der Waals surface area contributed by atoms with E-state index in [-0.39, 0.29) is 0 Å². The Hall–Kier alpha value is -1.51. The summed E-state index contributed by atoms with van der Waals surface area (Å²) in [5, 5.41) is 9.38. The third-order valence-electron chi connectivity index (χ3n) is 3.43. The summed E-state index contributed by atoms with van der Waals surface area (Å²) >= 11 is 0. The number of hydrogen-bond donors (Lipinski definition) is 1. The molecule has 0 spiro atoms. The number of hydrogen-bond acceptors (Lipinski definition) is 2. The van der Waals surface area contributed by atoms with Gasteiger partial charge in [-0.15, -0.1) is 0 Å². The van der Waals surface area contributed by atoms with E-state index in [0.29, 0.717) is 6.42 Å². The van der Waals surface area contributed by atoms with Crippen LogP contribution < -0.4 is 4.74 Å². The first kappa shape index (κ1) is 14.6. The molecule has 1 unspecified atom stereocenters. The minimum absolute atomic E-state index is 0.473. The Balaban J connectivity index is 3.19. The standard InChI is InChI=1S/C15H22O3/c1-5-6-7-13(15(16)17)12-9-8-10(2)11(3)14(12)18-4/h8-9,13H,5-7H2,1-4H3,(H,16,17). The van der Waals surface area contributed by atoms with E-state index in [1.54, 1.807) is 7.11 Å². The van der Waals surface area contributed by atoms with Crippen LogP contribution in [0, 0.1) is 13.8 Å². The number of aliphatic carboxylic acids is 1. The van der Waals surface area contributed by atoms with Crippen molar-refractivity contribution in [1.29, 1.82) is 0 Å². The molecule has 0 fully saturated rings. The van der Waals surface area contributed by atoms with Gasteiger partial charge in [0.15, 0.2) is 0 Å². The Morgan fingerprint density at radius 3 is 2.56 bits per heavy atom. The van der Waals surface area contributed by atoms with Crippen molar-refractivity contribution in [2.45, 2.75) is 46.0 Å². The number of carbonyl (C=O) groups is 1. The van der Waals surface area contributed by atoms with Crippen molar-refractivity contribution in [3.05, 3.63) is 28.8 Å². The van der Waals surface area contributed by atoms with Crippen LogP contribution in [0.5, 0.6) is 5.75 Å². The van der Waals surface area contributed by atoms with E-state index in [0.717, 1.165) is 35.3 Å². The number of rotatable bonds is 6. The molecule has 1 aromatic rings. The third kappa shape index (κ3) is 3.03. The minimum atomic E-state index is -0.773. The predicted molar refractivity (Wildman–Crippen MR) is 72.4 cm³/mol. The largest absolute Gasteiger partial charge is 0.496 e. The highest BCUT2D eigenvalue weighted by Crippen LogP contribution is 2.34. The van der Waals surface area contributed by atoms with Crippen LogP contribution in [0.1, 0.15) is 48.8 Å². The smallest absolute Gasteiger partial charge is 0.311 e. The van der Waals surface area contributed by atoms with E-state index in [1.165, 1.54) is 0 Å². The average molecular weight is 250 g/mol. The fraction of sp³-hybridized carbons (Fsp3) is 0.533. The Bertz CT molecular complexity index is 424. The van der Waals surface area contributed by atoms with Gasteiger partial charge < -0.3 is 9.84 Å². The fourth-order valence-corrected chi connectivity index (χ4v) is 2.18. The van der Waals surface area contributed by atoms with Gasteiger partial charge in [-0.1, -0.05) is 31.9 Å². The SMILES string of the molecule is CCCCC(C(=O)O)c1ccc(C)c(C)c1OC. The van der Waals surface area contributed by atoms with Gasteiger partial charge in [-0.05, 0) is 31.4 Å². The molecule has 1 atom stereocenters. The Kier molecular flexibility index (Phi) is 5.20. The maximum Gasteiger partial charge on any atom is 0.311 e. The average Bonchev–Trinajstić information content (AvgIpc) is 2.33. The number of benzene rings is 1. The van der Waals surface area contributed by atoms with Crippen LogP contribution in [0.15, 0.2) is 12.1 Å². The minimum Gasteiger partial charge on any atom is -0.496 e. The summed E-state index contributed by atoms with van der Waals surface area (Å²) in [6.07, 6.45) is 2.56. The molecule has 0 amide bonds. The molecular weight excluding hydrogens is 228 g/mol. The van der Waals surface area contributed by atoms with E-state index in [9.17, 15) is 9.90 Å². The zero-order valence-electron chi connectivity index (χ0n) is 11.6. The number of carboxylic acids is 1. The lowest BCUT2D eigenvalue weighted by molar-refractivity contribution is -0.139. The van der Waals surface area contributed by atoms with Crippen molar-refractivity contribution in [1.82, 2.24) is 0 Å². The second kappa shape index (κ2) is 6.43. The van der Waals surface area contributed by atoms with Gasteiger partial charge in [-0.3, -0.25) is 4.79 Å². The first-order chi connectivity index (χ1) is 8.52. The molecule has 3 heteroatoms. The van der Waals surface area contributed by atoms with Crippen LogP contribution >= 0.6 is 0 Å². The molecular formula is C15H22O3. The summed E-state index contributed by atoms with van der Waals surface area (Å²) in [7, 11) is 1.60. The highest BCUT2D eigenvalue weighted by atomic mass is 16.5. The number of aryl methyl sites for hydroxylation is 1. The molecule has 1 rings (SSSR count). The van der Waals surface area contributed by atoms with Gasteiger partial charge in [-0.25, -0.2) is 0 Å². The summed E-state index contributed by atoms with van der Waals surface area (Å²) in [4.78, 5) is 11.4. The molecule has 0 saturated carbocycles. The topological polar surface area (TPSA) is 46.5 Å². The fourth-order valence-electron chi connectivity index (χ4n) is 2.18. The van der Waals surface area contributed by atoms with Crippen LogP contribution in [0.4, 0.5) is 0 Å². The normalized spacial score (nSPS) is 12.2. The highest BCUT2D eigenvalue weighted by Gasteiger charge is 2.24. The number of ether oxygens (including phenoxy) is 1. The van der Waals surface area contributed by atoms with Gasteiger partial charge in [0.05, 0.1) is 13.0 Å². The van der Waals surface area contributed by atoms with E-state index in [4.69, 9.17) is 4.74 Å². The molecule has 0 saturated heterocycles. The van der Waals surface area contributed by atoms with Crippen LogP contribution in [0.25, 0.3) is 0 Å². The number of methoxy groups -OCH3 is 1. The van der Waals surface area contributed by atoms with E-state index in [1.807, 2.05) is 26.0 Å². The van der Waals surface area contributed by atoms with E-state index < -0.39 is 11.9 Å². The van der Waals surface area contributed by atoms with Crippen molar-refractivity contribution in [2.75, 3.05) is 7.11 Å². The Morgan fingerprint density at radius 2 is 2.06 bits per heavy atom. The molecule has 0 aliphatic carbocycles. The lowest BCUT2D eigenvalue weighted by Gasteiger charge is -2.18. The van der Waals surface area contributed by atoms with E-state index >= 15 is 0 Å². The molecule has 1 N–H and O–H groups in total. The molecule has 0 bridgehead atoms. The van der Waals surface area contributed by atoms with Gasteiger partial charge in [0.2, 0.25) is 0 Å². The van der Waals surface area contributed by atoms with Crippen molar-refractivity contribution in [2.24, 2.45) is 0 Å². The summed E-state index contributed by atoms with van der Waals surface area (Å²) < 4.78 is 5.40. The summed E-state index contributed by atoms with van der Waals surface area (Å²) in [6, 6.07) is 3.85. The molecule has 0 aliphatic heterocycles. The molecule has 0 aromatic heterocycles. The molecule has 100 valence electrons. The molecule has 1 aromatic carbocycles. The predicted octanol–water partition coefficient (Wildman–Crippen LogP) is 3.67. The number of unbranched alkanes of at least 4 members (excludes halogenated alkanes) is 1. The first-order valence-electron chi connectivity index (χ1n) is 6.39. The molecule has 3 nitrogen and oxygen atoms in total. The second-order valence-electron chi connectivity index (χ2n) is 4.66. The van der Waals surface area contributed by atoms with Gasteiger partial charge in [0, 0.05) is 5.56 Å². The first-order valence-corrected chi connectivity index (χ1v) is 6.39. The van der Waals surface area contributed by atoms with E-state index in [2.05, 4.69) is 6.92 Å². The lowest BCUT2D eigenvalue weighted by Crippen LogP contribution is -2.13.